The van der Waals surface area contributed by atoms with Gasteiger partial charge in [0.1, 0.15) is 5.82 Å². The van der Waals surface area contributed by atoms with E-state index in [4.69, 9.17) is 0 Å². The lowest BCUT2D eigenvalue weighted by molar-refractivity contribution is -0.136. The van der Waals surface area contributed by atoms with E-state index in [1.807, 2.05) is 0 Å². The van der Waals surface area contributed by atoms with Gasteiger partial charge in [0.2, 0.25) is 0 Å². The molecule has 0 aromatic heterocycles. The van der Waals surface area contributed by atoms with Gasteiger partial charge in [-0.2, -0.15) is 13.2 Å². The number of carbonyl (C=O) groups excluding carboxylic acids is 2. The third-order valence-electron chi connectivity index (χ3n) is 4.86. The van der Waals surface area contributed by atoms with E-state index in [9.17, 15) is 27.2 Å². The Labute approximate surface area is 187 Å². The van der Waals surface area contributed by atoms with E-state index >= 15 is 0 Å². The van der Waals surface area contributed by atoms with Crippen molar-refractivity contribution >= 4 is 23.3 Å². The van der Waals surface area contributed by atoms with Crippen molar-refractivity contribution in [2.45, 2.75) is 25.6 Å². The van der Waals surface area contributed by atoms with Crippen molar-refractivity contribution in [3.05, 3.63) is 95.3 Å². The van der Waals surface area contributed by atoms with Gasteiger partial charge in [-0.3, -0.25) is 4.79 Å². The summed E-state index contributed by atoms with van der Waals surface area (Å²) in [6.07, 6.45) is -4.79. The van der Waals surface area contributed by atoms with Gasteiger partial charge in [0.25, 0.3) is 5.91 Å². The number of benzene rings is 3. The van der Waals surface area contributed by atoms with Crippen molar-refractivity contribution in [3.63, 3.8) is 0 Å². The predicted octanol–water partition coefficient (Wildman–Crippen LogP) is 6.15. The molecule has 33 heavy (non-hydrogen) atoms. The number of halogens is 4. The Bertz CT molecular complexity index is 1140. The number of nitrogens with one attached hydrogen (secondary N) is 3. The van der Waals surface area contributed by atoms with E-state index in [0.29, 0.717) is 5.56 Å². The normalized spacial score (nSPS) is 11.6. The van der Waals surface area contributed by atoms with Gasteiger partial charge in [0.15, 0.2) is 0 Å². The molecule has 0 unspecified atom stereocenters. The van der Waals surface area contributed by atoms with E-state index in [1.165, 1.54) is 42.5 Å². The first-order chi connectivity index (χ1) is 15.5. The van der Waals surface area contributed by atoms with Gasteiger partial charge >= 0.3 is 12.2 Å². The summed E-state index contributed by atoms with van der Waals surface area (Å²) in [7, 11) is 0. The van der Waals surface area contributed by atoms with E-state index < -0.39 is 40.7 Å². The fourth-order valence-corrected chi connectivity index (χ4v) is 3.13. The first-order valence-corrected chi connectivity index (χ1v) is 9.88. The first kappa shape index (κ1) is 23.8. The Kier molecular flexibility index (Phi) is 6.71. The largest absolute Gasteiger partial charge is 0.418 e. The zero-order chi connectivity index (χ0) is 24.2. The summed E-state index contributed by atoms with van der Waals surface area (Å²) >= 11 is 0. The average Bonchev–Trinajstić information content (AvgIpc) is 2.74. The van der Waals surface area contributed by atoms with Crippen LogP contribution in [0.25, 0.3) is 0 Å². The molecule has 5 nitrogen and oxygen atoms in total. The summed E-state index contributed by atoms with van der Waals surface area (Å²) in [5.41, 5.74) is -1.81. The minimum Gasteiger partial charge on any atom is -0.329 e. The fraction of sp³-hybridized carbons (Fsp3) is 0.167. The Morgan fingerprint density at radius 3 is 2.06 bits per heavy atom. The molecule has 3 rings (SSSR count). The lowest BCUT2D eigenvalue weighted by atomic mass is 9.94. The third kappa shape index (κ3) is 6.09. The van der Waals surface area contributed by atoms with Gasteiger partial charge in [0.05, 0.1) is 16.8 Å². The van der Waals surface area contributed by atoms with Crippen LogP contribution in [0.4, 0.5) is 33.7 Å². The first-order valence-electron chi connectivity index (χ1n) is 9.88. The number of carbonyl (C=O) groups is 2. The molecule has 0 atom stereocenters. The van der Waals surface area contributed by atoms with Gasteiger partial charge < -0.3 is 16.0 Å². The molecule has 0 saturated carbocycles. The molecule has 9 heteroatoms. The Morgan fingerprint density at radius 2 is 1.45 bits per heavy atom. The van der Waals surface area contributed by atoms with E-state index in [2.05, 4.69) is 16.0 Å². The topological polar surface area (TPSA) is 70.2 Å². The van der Waals surface area contributed by atoms with Crippen molar-refractivity contribution < 1.29 is 27.2 Å². The Morgan fingerprint density at radius 1 is 0.818 bits per heavy atom. The van der Waals surface area contributed by atoms with Crippen LogP contribution < -0.4 is 16.0 Å². The van der Waals surface area contributed by atoms with Crippen LogP contribution in [0.5, 0.6) is 0 Å². The zero-order valence-electron chi connectivity index (χ0n) is 17.8. The Hall–Kier alpha value is -3.88. The van der Waals surface area contributed by atoms with Gasteiger partial charge in [-0.15, -0.1) is 0 Å². The van der Waals surface area contributed by atoms with Gasteiger partial charge in [-0.25, -0.2) is 9.18 Å². The van der Waals surface area contributed by atoms with Crippen LogP contribution in [0, 0.1) is 5.82 Å². The van der Waals surface area contributed by atoms with Crippen LogP contribution in [0.3, 0.4) is 0 Å². The molecule has 172 valence electrons. The molecule has 0 aliphatic rings. The maximum atomic E-state index is 13.7. The van der Waals surface area contributed by atoms with Crippen LogP contribution in [-0.4, -0.2) is 11.9 Å². The zero-order valence-corrected chi connectivity index (χ0v) is 17.8. The maximum absolute atomic E-state index is 13.7. The third-order valence-corrected chi connectivity index (χ3v) is 4.86. The molecule has 0 fully saturated rings. The molecule has 0 aliphatic carbocycles. The molecule has 0 bridgehead atoms. The van der Waals surface area contributed by atoms with Crippen LogP contribution in [-0.2, 0) is 11.7 Å². The number of alkyl halides is 3. The molecule has 3 aromatic carbocycles. The second-order valence-corrected chi connectivity index (χ2v) is 7.79. The number of urea groups is 1. The second-order valence-electron chi connectivity index (χ2n) is 7.79. The summed E-state index contributed by atoms with van der Waals surface area (Å²) in [4.78, 5) is 24.7. The van der Waals surface area contributed by atoms with Crippen molar-refractivity contribution in [1.29, 1.82) is 0 Å². The quantitative estimate of drug-likeness (QED) is 0.401. The fourth-order valence-electron chi connectivity index (χ4n) is 3.13. The summed E-state index contributed by atoms with van der Waals surface area (Å²) in [5, 5.41) is 7.21. The molecule has 3 aromatic rings. The Balaban J connectivity index is 1.78. The van der Waals surface area contributed by atoms with E-state index in [-0.39, 0.29) is 11.3 Å². The summed E-state index contributed by atoms with van der Waals surface area (Å²) in [6.45, 7) is 3.26. The monoisotopic (exact) mass is 459 g/mol. The van der Waals surface area contributed by atoms with Crippen molar-refractivity contribution in [1.82, 2.24) is 5.32 Å². The number of anilines is 2. The highest BCUT2D eigenvalue weighted by Gasteiger charge is 2.35. The summed E-state index contributed by atoms with van der Waals surface area (Å²) in [5.74, 6) is -1.02. The van der Waals surface area contributed by atoms with Crippen LogP contribution in [0.15, 0.2) is 72.8 Å². The highest BCUT2D eigenvalue weighted by Crippen LogP contribution is 2.37. The number of rotatable bonds is 5. The molecule has 0 radical (unpaired) electrons. The van der Waals surface area contributed by atoms with Crippen molar-refractivity contribution in [3.8, 4) is 0 Å². The van der Waals surface area contributed by atoms with Crippen LogP contribution in [0.2, 0.25) is 0 Å². The summed E-state index contributed by atoms with van der Waals surface area (Å²) < 4.78 is 54.1. The predicted molar refractivity (Wildman–Crippen MR) is 117 cm³/mol. The SMILES string of the molecule is CC(C)(NC(=O)Nc1ccc(NC(=O)c2ccccc2)cc1C(F)(F)F)c1ccc(F)cc1. The molecule has 0 spiro atoms. The minimum atomic E-state index is -4.79. The van der Waals surface area contributed by atoms with Gasteiger partial charge in [0, 0.05) is 11.3 Å². The molecule has 3 amide bonds. The van der Waals surface area contributed by atoms with Crippen LogP contribution >= 0.6 is 0 Å². The highest BCUT2D eigenvalue weighted by molar-refractivity contribution is 6.04. The maximum Gasteiger partial charge on any atom is 0.418 e. The van der Waals surface area contributed by atoms with Gasteiger partial charge in [-0.05, 0) is 61.9 Å². The number of amides is 3. The molecule has 0 aliphatic heterocycles. The lowest BCUT2D eigenvalue weighted by Gasteiger charge is -2.27. The van der Waals surface area contributed by atoms with Crippen molar-refractivity contribution in [2.75, 3.05) is 10.6 Å². The lowest BCUT2D eigenvalue weighted by Crippen LogP contribution is -2.43. The minimum absolute atomic E-state index is 0.0752. The molecular weight excluding hydrogens is 438 g/mol. The number of hydrogen-bond acceptors (Lipinski definition) is 2. The molecule has 3 N–H and O–H groups in total. The highest BCUT2D eigenvalue weighted by atomic mass is 19.4. The molecular formula is C24H21F4N3O2. The molecule has 0 heterocycles. The standard InChI is InChI=1S/C24H21F4N3O2/c1-23(2,16-8-10-17(25)11-9-16)31-22(33)30-20-13-12-18(14-19(20)24(26,27)28)29-21(32)15-6-4-3-5-7-15/h3-14H,1-2H3,(H,29,32)(H2,30,31,33). The van der Waals surface area contributed by atoms with Crippen molar-refractivity contribution in [2.24, 2.45) is 0 Å². The summed E-state index contributed by atoms with van der Waals surface area (Å²) in [6, 6.07) is 15.6. The van der Waals surface area contributed by atoms with Gasteiger partial charge in [-0.1, -0.05) is 30.3 Å². The second kappa shape index (κ2) is 9.32. The number of hydrogen-bond donors (Lipinski definition) is 3. The van der Waals surface area contributed by atoms with Crippen LogP contribution in [0.1, 0.15) is 35.3 Å². The van der Waals surface area contributed by atoms with E-state index in [1.54, 1.807) is 32.0 Å². The van der Waals surface area contributed by atoms with E-state index in [0.717, 1.165) is 12.1 Å². The molecule has 0 saturated heterocycles. The smallest absolute Gasteiger partial charge is 0.329 e. The average molecular weight is 459 g/mol.